The molecule has 0 spiro atoms. The van der Waals surface area contributed by atoms with E-state index in [-0.39, 0.29) is 18.4 Å². The van der Waals surface area contributed by atoms with Crippen molar-refractivity contribution in [2.45, 2.75) is 26.2 Å². The maximum absolute atomic E-state index is 12.3. The predicted octanol–water partition coefficient (Wildman–Crippen LogP) is 5.54. The molecular weight excluding hydrogens is 412 g/mol. The molecule has 6 nitrogen and oxygen atoms in total. The molecule has 0 fully saturated rings. The van der Waals surface area contributed by atoms with E-state index in [1.807, 2.05) is 35.7 Å². The van der Waals surface area contributed by atoms with Crippen LogP contribution in [0.2, 0.25) is 0 Å². The Morgan fingerprint density at radius 3 is 2.48 bits per heavy atom. The first kappa shape index (κ1) is 22.4. The number of rotatable bonds is 9. The summed E-state index contributed by atoms with van der Waals surface area (Å²) >= 11 is 1.36. The van der Waals surface area contributed by atoms with E-state index in [9.17, 15) is 9.59 Å². The molecule has 0 saturated carbocycles. The van der Waals surface area contributed by atoms with Crippen LogP contribution in [0.4, 0.5) is 11.4 Å². The molecular formula is C24H26N2O4S. The molecule has 0 saturated heterocycles. The molecule has 1 aromatic heterocycles. The normalized spacial score (nSPS) is 11.5. The molecule has 0 bridgehead atoms. The smallest absolute Gasteiger partial charge is 0.265 e. The van der Waals surface area contributed by atoms with E-state index in [1.54, 1.807) is 24.3 Å². The van der Waals surface area contributed by atoms with Crippen LogP contribution >= 0.6 is 11.3 Å². The summed E-state index contributed by atoms with van der Waals surface area (Å²) in [5.74, 6) is 1.09. The van der Waals surface area contributed by atoms with Crippen molar-refractivity contribution in [3.05, 3.63) is 70.4 Å². The van der Waals surface area contributed by atoms with Crippen LogP contribution in [-0.4, -0.2) is 25.5 Å². The van der Waals surface area contributed by atoms with Gasteiger partial charge in [0.25, 0.3) is 11.8 Å². The van der Waals surface area contributed by atoms with Crippen LogP contribution < -0.4 is 20.1 Å². The van der Waals surface area contributed by atoms with Crippen LogP contribution in [0.5, 0.6) is 11.5 Å². The van der Waals surface area contributed by atoms with Crippen LogP contribution in [-0.2, 0) is 4.79 Å². The highest BCUT2D eigenvalue weighted by atomic mass is 32.1. The number of hydrogen-bond donors (Lipinski definition) is 2. The van der Waals surface area contributed by atoms with Gasteiger partial charge in [0.15, 0.2) is 6.61 Å². The maximum atomic E-state index is 12.3. The van der Waals surface area contributed by atoms with E-state index in [0.29, 0.717) is 33.7 Å². The molecule has 162 valence electrons. The molecule has 0 radical (unpaired) electrons. The molecule has 1 atom stereocenters. The first-order chi connectivity index (χ1) is 15.0. The largest absolute Gasteiger partial charge is 0.494 e. The predicted molar refractivity (Wildman–Crippen MR) is 125 cm³/mol. The quantitative estimate of drug-likeness (QED) is 0.460. The van der Waals surface area contributed by atoms with Gasteiger partial charge in [0.1, 0.15) is 11.5 Å². The number of hydrogen-bond acceptors (Lipinski definition) is 5. The van der Waals surface area contributed by atoms with Crippen molar-refractivity contribution in [2.24, 2.45) is 0 Å². The van der Waals surface area contributed by atoms with Crippen molar-refractivity contribution in [2.75, 3.05) is 24.4 Å². The Morgan fingerprint density at radius 1 is 1.06 bits per heavy atom. The summed E-state index contributed by atoms with van der Waals surface area (Å²) in [7, 11) is 1.51. The fraction of sp³-hybridized carbons (Fsp3) is 0.250. The summed E-state index contributed by atoms with van der Waals surface area (Å²) < 4.78 is 10.9. The Labute approximate surface area is 186 Å². The van der Waals surface area contributed by atoms with E-state index in [1.165, 1.54) is 24.0 Å². The number of carbonyl (C=O) groups is 2. The summed E-state index contributed by atoms with van der Waals surface area (Å²) in [6.07, 6.45) is 1.07. The Hall–Kier alpha value is -3.32. The first-order valence-corrected chi connectivity index (χ1v) is 10.9. The fourth-order valence-electron chi connectivity index (χ4n) is 2.94. The van der Waals surface area contributed by atoms with Gasteiger partial charge in [-0.05, 0) is 53.6 Å². The maximum Gasteiger partial charge on any atom is 0.265 e. The SMILES string of the molecule is CC[C@@H](C)c1ccc(OCC(=O)Nc2ccc(NC(=O)c3cccs3)c(OC)c2)cc1. The number of anilines is 2. The van der Waals surface area contributed by atoms with Crippen LogP contribution in [0.15, 0.2) is 60.0 Å². The van der Waals surface area contributed by atoms with Gasteiger partial charge in [-0.25, -0.2) is 0 Å². The monoisotopic (exact) mass is 438 g/mol. The Balaban J connectivity index is 1.56. The summed E-state index contributed by atoms with van der Waals surface area (Å²) in [6.45, 7) is 4.22. The number of ether oxygens (including phenoxy) is 2. The van der Waals surface area contributed by atoms with Crippen molar-refractivity contribution in [1.82, 2.24) is 0 Å². The van der Waals surface area contributed by atoms with Crippen molar-refractivity contribution in [3.63, 3.8) is 0 Å². The molecule has 0 aliphatic heterocycles. The molecule has 2 N–H and O–H groups in total. The van der Waals surface area contributed by atoms with Gasteiger partial charge < -0.3 is 20.1 Å². The lowest BCUT2D eigenvalue weighted by Gasteiger charge is -2.13. The average Bonchev–Trinajstić information content (AvgIpc) is 3.33. The topological polar surface area (TPSA) is 76.7 Å². The summed E-state index contributed by atoms with van der Waals surface area (Å²) in [5.41, 5.74) is 2.32. The van der Waals surface area contributed by atoms with E-state index < -0.39 is 0 Å². The third-order valence-corrected chi connectivity index (χ3v) is 5.78. The molecule has 0 unspecified atom stereocenters. The van der Waals surface area contributed by atoms with E-state index in [2.05, 4.69) is 24.5 Å². The molecule has 3 rings (SSSR count). The Bertz CT molecular complexity index is 1020. The highest BCUT2D eigenvalue weighted by Gasteiger charge is 2.12. The van der Waals surface area contributed by atoms with Gasteiger partial charge in [-0.3, -0.25) is 9.59 Å². The summed E-state index contributed by atoms with van der Waals surface area (Å²) in [6, 6.07) is 16.4. The fourth-order valence-corrected chi connectivity index (χ4v) is 3.56. The minimum atomic E-state index is -0.288. The molecule has 3 aromatic rings. The zero-order valence-corrected chi connectivity index (χ0v) is 18.6. The van der Waals surface area contributed by atoms with Gasteiger partial charge >= 0.3 is 0 Å². The second-order valence-corrected chi connectivity index (χ2v) is 8.01. The second-order valence-electron chi connectivity index (χ2n) is 7.06. The van der Waals surface area contributed by atoms with Gasteiger partial charge in [0, 0.05) is 11.8 Å². The van der Waals surface area contributed by atoms with Gasteiger partial charge in [0.05, 0.1) is 17.7 Å². The minimum Gasteiger partial charge on any atom is -0.494 e. The van der Waals surface area contributed by atoms with Crippen molar-refractivity contribution >= 4 is 34.5 Å². The third kappa shape index (κ3) is 6.08. The number of thiophene rings is 1. The van der Waals surface area contributed by atoms with E-state index in [4.69, 9.17) is 9.47 Å². The highest BCUT2D eigenvalue weighted by Crippen LogP contribution is 2.29. The number of carbonyl (C=O) groups excluding carboxylic acids is 2. The zero-order chi connectivity index (χ0) is 22.2. The van der Waals surface area contributed by atoms with Crippen LogP contribution in [0, 0.1) is 0 Å². The summed E-state index contributed by atoms with van der Waals surface area (Å²) in [4.78, 5) is 25.1. The van der Waals surface area contributed by atoms with Gasteiger partial charge in [0.2, 0.25) is 0 Å². The summed E-state index contributed by atoms with van der Waals surface area (Å²) in [5, 5.41) is 7.44. The molecule has 0 aliphatic rings. The van der Waals surface area contributed by atoms with E-state index >= 15 is 0 Å². The molecule has 2 amide bonds. The van der Waals surface area contributed by atoms with Gasteiger partial charge in [-0.2, -0.15) is 0 Å². The zero-order valence-electron chi connectivity index (χ0n) is 17.8. The first-order valence-electron chi connectivity index (χ1n) is 10.1. The lowest BCUT2D eigenvalue weighted by Crippen LogP contribution is -2.20. The molecule has 0 aliphatic carbocycles. The lowest BCUT2D eigenvalue weighted by molar-refractivity contribution is -0.118. The second kappa shape index (κ2) is 10.6. The van der Waals surface area contributed by atoms with E-state index in [0.717, 1.165) is 6.42 Å². The van der Waals surface area contributed by atoms with Gasteiger partial charge in [-0.15, -0.1) is 11.3 Å². The lowest BCUT2D eigenvalue weighted by atomic mass is 9.99. The number of amides is 2. The standard InChI is InChI=1S/C24H26N2O4S/c1-4-16(2)17-7-10-19(11-8-17)30-15-23(27)25-18-9-12-20(21(14-18)29-3)26-24(28)22-6-5-13-31-22/h5-14,16H,4,15H2,1-3H3,(H,25,27)(H,26,28)/t16-/m1/s1. The van der Waals surface area contributed by atoms with Crippen LogP contribution in [0.1, 0.15) is 41.4 Å². The molecule has 1 heterocycles. The van der Waals surface area contributed by atoms with Crippen LogP contribution in [0.3, 0.4) is 0 Å². The highest BCUT2D eigenvalue weighted by molar-refractivity contribution is 7.12. The van der Waals surface area contributed by atoms with Crippen molar-refractivity contribution < 1.29 is 19.1 Å². The van der Waals surface area contributed by atoms with Crippen LogP contribution in [0.25, 0.3) is 0 Å². The van der Waals surface area contributed by atoms with Crippen molar-refractivity contribution in [3.8, 4) is 11.5 Å². The minimum absolute atomic E-state index is 0.109. The molecule has 31 heavy (non-hydrogen) atoms. The third-order valence-electron chi connectivity index (χ3n) is 4.91. The Morgan fingerprint density at radius 2 is 1.84 bits per heavy atom. The number of benzene rings is 2. The number of methoxy groups -OCH3 is 1. The molecule has 7 heteroatoms. The Kier molecular flexibility index (Phi) is 7.67. The van der Waals surface area contributed by atoms with Gasteiger partial charge in [-0.1, -0.05) is 32.0 Å². The van der Waals surface area contributed by atoms with Crippen molar-refractivity contribution in [1.29, 1.82) is 0 Å². The number of nitrogens with one attached hydrogen (secondary N) is 2. The average molecular weight is 439 g/mol. The molecule has 2 aromatic carbocycles.